The second-order valence-corrected chi connectivity index (χ2v) is 8.07. The molecule has 0 bridgehead atoms. The van der Waals surface area contributed by atoms with Crippen LogP contribution in [0.1, 0.15) is 46.8 Å². The molecule has 4 aromatic rings. The Balaban J connectivity index is 1.64. The Morgan fingerprint density at radius 2 is 1.78 bits per heavy atom. The number of hydrogen-bond donors (Lipinski definition) is 1. The van der Waals surface area contributed by atoms with Gasteiger partial charge in [-0.05, 0) is 49.6 Å². The molecule has 0 saturated heterocycles. The summed E-state index contributed by atoms with van der Waals surface area (Å²) < 4.78 is 8.06. The van der Waals surface area contributed by atoms with E-state index in [4.69, 9.17) is 14.7 Å². The summed E-state index contributed by atoms with van der Waals surface area (Å²) in [7, 11) is 0. The van der Waals surface area contributed by atoms with Crippen LogP contribution in [0, 0.1) is 20.8 Å². The fourth-order valence-corrected chi connectivity index (χ4v) is 4.02. The average Bonchev–Trinajstić information content (AvgIpc) is 3.11. The molecule has 6 heteroatoms. The Hall–Kier alpha value is -3.67. The summed E-state index contributed by atoms with van der Waals surface area (Å²) in [4.78, 5) is 21.4. The lowest BCUT2D eigenvalue weighted by Gasteiger charge is -2.18. The molecule has 32 heavy (non-hydrogen) atoms. The van der Waals surface area contributed by atoms with Gasteiger partial charge in [-0.15, -0.1) is 0 Å². The van der Waals surface area contributed by atoms with Crippen LogP contribution < -0.4 is 4.74 Å². The Labute approximate surface area is 187 Å². The van der Waals surface area contributed by atoms with Crippen LogP contribution in [-0.2, 0) is 17.8 Å². The monoisotopic (exact) mass is 429 g/mol. The molecule has 2 aromatic carbocycles. The van der Waals surface area contributed by atoms with Crippen LogP contribution in [0.4, 0.5) is 0 Å². The molecule has 4 rings (SSSR count). The number of ether oxygens (including phenoxy) is 1. The molecule has 2 heterocycles. The predicted octanol–water partition coefficient (Wildman–Crippen LogP) is 5.17. The van der Waals surface area contributed by atoms with Crippen molar-refractivity contribution in [3.63, 3.8) is 0 Å². The molecule has 0 aliphatic heterocycles. The molecular formula is C26H27N3O3. The van der Waals surface area contributed by atoms with E-state index in [9.17, 15) is 9.90 Å². The van der Waals surface area contributed by atoms with Gasteiger partial charge in [-0.1, -0.05) is 49.4 Å². The summed E-state index contributed by atoms with van der Waals surface area (Å²) in [6.45, 7) is 8.73. The number of benzene rings is 2. The molecule has 1 N–H and O–H groups in total. The van der Waals surface area contributed by atoms with Crippen LogP contribution in [0.25, 0.3) is 11.2 Å². The van der Waals surface area contributed by atoms with Crippen molar-refractivity contribution in [1.82, 2.24) is 14.5 Å². The molecule has 0 radical (unpaired) electrons. The zero-order valence-electron chi connectivity index (χ0n) is 18.8. The maximum Gasteiger partial charge on any atom is 0.349 e. The second-order valence-electron chi connectivity index (χ2n) is 8.07. The van der Waals surface area contributed by atoms with Gasteiger partial charge in [0, 0.05) is 17.7 Å². The van der Waals surface area contributed by atoms with Gasteiger partial charge in [0.05, 0.1) is 6.54 Å². The highest BCUT2D eigenvalue weighted by molar-refractivity contribution is 5.76. The van der Waals surface area contributed by atoms with Crippen LogP contribution in [0.2, 0.25) is 0 Å². The number of imidazole rings is 1. The molecule has 0 aliphatic rings. The molecule has 0 aliphatic carbocycles. The summed E-state index contributed by atoms with van der Waals surface area (Å²) in [5.74, 6) is 0.532. The van der Waals surface area contributed by atoms with Gasteiger partial charge in [0.2, 0.25) is 6.10 Å². The number of aryl methyl sites for hydroxylation is 4. The molecule has 0 saturated carbocycles. The highest BCUT2D eigenvalue weighted by Crippen LogP contribution is 2.28. The first-order chi connectivity index (χ1) is 15.4. The van der Waals surface area contributed by atoms with E-state index in [1.165, 1.54) is 0 Å². The van der Waals surface area contributed by atoms with E-state index in [1.807, 2.05) is 50.2 Å². The topological polar surface area (TPSA) is 77.2 Å². The number of fused-ring (bicyclic) bond motifs is 1. The summed E-state index contributed by atoms with van der Waals surface area (Å²) in [5.41, 5.74) is 6.51. The van der Waals surface area contributed by atoms with Crippen molar-refractivity contribution in [3.05, 3.63) is 88.4 Å². The van der Waals surface area contributed by atoms with Gasteiger partial charge in [-0.3, -0.25) is 0 Å². The largest absolute Gasteiger partial charge is 0.478 e. The van der Waals surface area contributed by atoms with Gasteiger partial charge in [0.15, 0.2) is 5.65 Å². The van der Waals surface area contributed by atoms with E-state index in [-0.39, 0.29) is 0 Å². The fraction of sp³-hybridized carbons (Fsp3) is 0.269. The molecule has 1 unspecified atom stereocenters. The number of aliphatic carboxylic acids is 1. The normalized spacial score (nSPS) is 12.1. The van der Waals surface area contributed by atoms with Crippen LogP contribution >= 0.6 is 0 Å². The second kappa shape index (κ2) is 8.83. The third kappa shape index (κ3) is 4.21. The van der Waals surface area contributed by atoms with Crippen LogP contribution in [0.5, 0.6) is 5.75 Å². The van der Waals surface area contributed by atoms with Crippen molar-refractivity contribution in [2.24, 2.45) is 0 Å². The number of pyridine rings is 1. The Morgan fingerprint density at radius 1 is 1.03 bits per heavy atom. The molecule has 0 spiro atoms. The Bertz CT molecular complexity index is 1280. The lowest BCUT2D eigenvalue weighted by Crippen LogP contribution is -2.18. The smallest absolute Gasteiger partial charge is 0.349 e. The summed E-state index contributed by atoms with van der Waals surface area (Å²) >= 11 is 0. The van der Waals surface area contributed by atoms with Gasteiger partial charge in [0.25, 0.3) is 0 Å². The maximum atomic E-state index is 11.8. The first kappa shape index (κ1) is 21.6. The summed E-state index contributed by atoms with van der Waals surface area (Å²) in [6.07, 6.45) is -0.243. The van der Waals surface area contributed by atoms with Crippen molar-refractivity contribution in [1.29, 1.82) is 0 Å². The van der Waals surface area contributed by atoms with Gasteiger partial charge in [0.1, 0.15) is 17.1 Å². The highest BCUT2D eigenvalue weighted by atomic mass is 16.5. The van der Waals surface area contributed by atoms with Crippen molar-refractivity contribution in [3.8, 4) is 5.75 Å². The van der Waals surface area contributed by atoms with Crippen LogP contribution in [0.15, 0.2) is 54.6 Å². The van der Waals surface area contributed by atoms with E-state index in [2.05, 4.69) is 24.5 Å². The first-order valence-corrected chi connectivity index (χ1v) is 10.7. The SMILES string of the molecule is CCc1nc2c(C)cc(C)nc2n1Cc1ccc(OC(C(=O)O)c2ccccc2)c(C)c1. The zero-order valence-corrected chi connectivity index (χ0v) is 18.8. The third-order valence-electron chi connectivity index (χ3n) is 5.57. The predicted molar refractivity (Wildman–Crippen MR) is 124 cm³/mol. The Morgan fingerprint density at radius 3 is 2.44 bits per heavy atom. The van der Waals surface area contributed by atoms with Crippen molar-refractivity contribution in [2.75, 3.05) is 0 Å². The minimum Gasteiger partial charge on any atom is -0.478 e. The maximum absolute atomic E-state index is 11.8. The number of rotatable bonds is 7. The average molecular weight is 430 g/mol. The molecule has 1 atom stereocenters. The van der Waals surface area contributed by atoms with Crippen molar-refractivity contribution >= 4 is 17.1 Å². The van der Waals surface area contributed by atoms with Gasteiger partial charge in [-0.2, -0.15) is 0 Å². The van der Waals surface area contributed by atoms with E-state index in [0.717, 1.165) is 45.8 Å². The number of carbonyl (C=O) groups is 1. The number of hydrogen-bond acceptors (Lipinski definition) is 4. The first-order valence-electron chi connectivity index (χ1n) is 10.7. The fourth-order valence-electron chi connectivity index (χ4n) is 4.02. The van der Waals surface area contributed by atoms with E-state index in [0.29, 0.717) is 17.9 Å². The van der Waals surface area contributed by atoms with Crippen molar-refractivity contribution < 1.29 is 14.6 Å². The Kier molecular flexibility index (Phi) is 5.95. The zero-order chi connectivity index (χ0) is 22.8. The van der Waals surface area contributed by atoms with Crippen molar-refractivity contribution in [2.45, 2.75) is 46.8 Å². The quantitative estimate of drug-likeness (QED) is 0.438. The van der Waals surface area contributed by atoms with Gasteiger partial charge < -0.3 is 14.4 Å². The number of carboxylic acids is 1. The molecular weight excluding hydrogens is 402 g/mol. The lowest BCUT2D eigenvalue weighted by molar-refractivity contribution is -0.145. The molecule has 164 valence electrons. The van der Waals surface area contributed by atoms with Crippen LogP contribution in [0.3, 0.4) is 0 Å². The molecule has 0 fully saturated rings. The summed E-state index contributed by atoms with van der Waals surface area (Å²) in [6, 6.07) is 16.9. The minimum absolute atomic E-state index is 0.557. The lowest BCUT2D eigenvalue weighted by atomic mass is 10.1. The van der Waals surface area contributed by atoms with E-state index in [1.54, 1.807) is 12.1 Å². The third-order valence-corrected chi connectivity index (χ3v) is 5.57. The summed E-state index contributed by atoms with van der Waals surface area (Å²) in [5, 5.41) is 9.67. The molecule has 2 aromatic heterocycles. The number of aromatic nitrogens is 3. The standard InChI is InChI=1S/C26H27N3O3/c1-5-22-28-23-17(3)13-18(4)27-25(23)29(22)15-19-11-12-21(16(2)14-19)32-24(26(30)31)20-9-7-6-8-10-20/h6-14,24H,5,15H2,1-4H3,(H,30,31). The minimum atomic E-state index is -1.06. The van der Waals surface area contributed by atoms with Gasteiger partial charge in [-0.25, -0.2) is 14.8 Å². The molecule has 6 nitrogen and oxygen atoms in total. The number of carboxylic acid groups (broad SMARTS) is 1. The number of nitrogens with zero attached hydrogens (tertiary/aromatic N) is 3. The highest BCUT2D eigenvalue weighted by Gasteiger charge is 2.22. The van der Waals surface area contributed by atoms with Gasteiger partial charge >= 0.3 is 5.97 Å². The van der Waals surface area contributed by atoms with E-state index >= 15 is 0 Å². The van der Waals surface area contributed by atoms with E-state index < -0.39 is 12.1 Å². The van der Waals surface area contributed by atoms with Crippen LogP contribution in [-0.4, -0.2) is 25.6 Å². The molecule has 0 amide bonds.